The normalized spacial score (nSPS) is 17.9. The molecule has 1 fully saturated rings. The highest BCUT2D eigenvalue weighted by molar-refractivity contribution is 6.44. The number of unbranched alkanes of at least 4 members (excludes halogenated alkanes) is 15. The highest BCUT2D eigenvalue weighted by atomic mass is 28.3. The van der Waals surface area contributed by atoms with Gasteiger partial charge >= 0.3 is 9.28 Å². The van der Waals surface area contributed by atoms with Crippen molar-refractivity contribution in [3.05, 3.63) is 0 Å². The Hall–Kier alpha value is 0.137. The van der Waals surface area contributed by atoms with Crippen LogP contribution in [0.3, 0.4) is 0 Å². The van der Waals surface area contributed by atoms with Crippen molar-refractivity contribution in [1.82, 2.24) is 0 Å². The van der Waals surface area contributed by atoms with Crippen molar-refractivity contribution in [3.63, 3.8) is 0 Å². The van der Waals surface area contributed by atoms with Crippen LogP contribution in [-0.2, 0) is 8.85 Å². The zero-order valence-corrected chi connectivity index (χ0v) is 18.4. The summed E-state index contributed by atoms with van der Waals surface area (Å²) in [5.41, 5.74) is 0. The molecule has 0 spiro atoms. The summed E-state index contributed by atoms with van der Waals surface area (Å²) in [5.74, 6) is 0. The maximum absolute atomic E-state index is 5.92. The van der Waals surface area contributed by atoms with E-state index in [-0.39, 0.29) is 0 Å². The van der Waals surface area contributed by atoms with E-state index in [1.165, 1.54) is 122 Å². The van der Waals surface area contributed by atoms with Gasteiger partial charge in [-0.15, -0.1) is 0 Å². The van der Waals surface area contributed by atoms with Crippen LogP contribution in [0.1, 0.15) is 122 Å². The third-order valence-electron chi connectivity index (χ3n) is 5.44. The van der Waals surface area contributed by atoms with Crippen LogP contribution in [0.5, 0.6) is 0 Å². The monoisotopic (exact) mass is 370 g/mol. The van der Waals surface area contributed by atoms with Crippen LogP contribution in [0.15, 0.2) is 0 Å². The van der Waals surface area contributed by atoms with Gasteiger partial charge in [0.25, 0.3) is 0 Å². The molecule has 0 aliphatic carbocycles. The Balaban J connectivity index is 1.65. The molecule has 0 saturated carbocycles. The summed E-state index contributed by atoms with van der Waals surface area (Å²) in [6.07, 6.45) is 25.4. The summed E-state index contributed by atoms with van der Waals surface area (Å²) < 4.78 is 11.6. The molecular weight excluding hydrogens is 324 g/mol. The van der Waals surface area contributed by atoms with Crippen LogP contribution in [0.4, 0.5) is 0 Å². The topological polar surface area (TPSA) is 18.5 Å². The van der Waals surface area contributed by atoms with Gasteiger partial charge in [0, 0.05) is 13.2 Å². The third-order valence-corrected chi connectivity index (χ3v) is 7.53. The van der Waals surface area contributed by atoms with Crippen LogP contribution >= 0.6 is 0 Å². The van der Waals surface area contributed by atoms with Crippen LogP contribution in [0.25, 0.3) is 0 Å². The summed E-state index contributed by atoms with van der Waals surface area (Å²) >= 11 is 0. The largest absolute Gasteiger partial charge is 0.397 e. The molecule has 3 heteroatoms. The van der Waals surface area contributed by atoms with Crippen LogP contribution in [0.2, 0.25) is 6.04 Å². The minimum atomic E-state index is -1.22. The lowest BCUT2D eigenvalue weighted by molar-refractivity contribution is 0.174. The van der Waals surface area contributed by atoms with Gasteiger partial charge in [-0.2, -0.15) is 0 Å². The Labute approximate surface area is 160 Å². The SMILES string of the molecule is CCCCCCCCCCCCCCCCCCO[SiH]1CCCCO1. The Morgan fingerprint density at radius 1 is 0.640 bits per heavy atom. The Morgan fingerprint density at radius 2 is 1.12 bits per heavy atom. The van der Waals surface area contributed by atoms with Crippen molar-refractivity contribution in [3.8, 4) is 0 Å². The Bertz CT molecular complexity index is 254. The second kappa shape index (κ2) is 18.9. The molecule has 1 heterocycles. The summed E-state index contributed by atoms with van der Waals surface area (Å²) in [7, 11) is -1.22. The number of rotatable bonds is 18. The predicted octanol–water partition coefficient (Wildman–Crippen LogP) is 7.30. The molecule has 1 unspecified atom stereocenters. The standard InChI is InChI=1S/C22H46O2Si/c1-2-3-4-5-6-7-8-9-10-11-12-13-14-15-16-17-20-23-25-22-19-18-21-24-25/h25H,2-22H2,1H3. The average molecular weight is 371 g/mol. The van der Waals surface area contributed by atoms with Gasteiger partial charge in [0.2, 0.25) is 0 Å². The molecule has 0 amide bonds. The molecular formula is C22H46O2Si. The maximum atomic E-state index is 5.92. The molecule has 0 aromatic rings. The van der Waals surface area contributed by atoms with Crippen LogP contribution in [-0.4, -0.2) is 22.5 Å². The van der Waals surface area contributed by atoms with Crippen LogP contribution < -0.4 is 0 Å². The van der Waals surface area contributed by atoms with Gasteiger partial charge in [-0.25, -0.2) is 0 Å². The van der Waals surface area contributed by atoms with Crippen molar-refractivity contribution in [2.24, 2.45) is 0 Å². The smallest absolute Gasteiger partial charge is 0.321 e. The van der Waals surface area contributed by atoms with Crippen molar-refractivity contribution in [1.29, 1.82) is 0 Å². The van der Waals surface area contributed by atoms with E-state index < -0.39 is 9.28 Å². The van der Waals surface area contributed by atoms with E-state index in [1.807, 2.05) is 0 Å². The lowest BCUT2D eigenvalue weighted by Gasteiger charge is -2.20. The second-order valence-electron chi connectivity index (χ2n) is 7.97. The first-order valence-corrected chi connectivity index (χ1v) is 13.4. The number of hydrogen-bond acceptors (Lipinski definition) is 2. The fourth-order valence-corrected chi connectivity index (χ4v) is 5.62. The summed E-state index contributed by atoms with van der Waals surface area (Å²) in [6, 6.07) is 1.23. The zero-order chi connectivity index (χ0) is 17.8. The number of hydrogen-bond donors (Lipinski definition) is 0. The van der Waals surface area contributed by atoms with Gasteiger partial charge < -0.3 is 8.85 Å². The molecule has 0 radical (unpaired) electrons. The van der Waals surface area contributed by atoms with E-state index >= 15 is 0 Å². The molecule has 0 aromatic heterocycles. The highest BCUT2D eigenvalue weighted by Gasteiger charge is 2.16. The zero-order valence-electron chi connectivity index (χ0n) is 17.2. The molecule has 0 N–H and O–H groups in total. The van der Waals surface area contributed by atoms with Gasteiger partial charge in [-0.3, -0.25) is 0 Å². The van der Waals surface area contributed by atoms with Crippen molar-refractivity contribution in [2.75, 3.05) is 13.2 Å². The lowest BCUT2D eigenvalue weighted by atomic mass is 10.0. The van der Waals surface area contributed by atoms with Gasteiger partial charge in [0.05, 0.1) is 0 Å². The molecule has 1 rings (SSSR count). The maximum Gasteiger partial charge on any atom is 0.321 e. The molecule has 150 valence electrons. The predicted molar refractivity (Wildman–Crippen MR) is 113 cm³/mol. The van der Waals surface area contributed by atoms with Crippen molar-refractivity contribution in [2.45, 2.75) is 129 Å². The van der Waals surface area contributed by atoms with Gasteiger partial charge in [-0.05, 0) is 25.3 Å². The minimum absolute atomic E-state index is 0.954. The molecule has 0 aromatic carbocycles. The van der Waals surface area contributed by atoms with E-state index in [9.17, 15) is 0 Å². The fraction of sp³-hybridized carbons (Fsp3) is 1.00. The summed E-state index contributed by atoms with van der Waals surface area (Å²) in [6.45, 7) is 4.20. The summed E-state index contributed by atoms with van der Waals surface area (Å²) in [5, 5.41) is 0. The quantitative estimate of drug-likeness (QED) is 0.186. The Kier molecular flexibility index (Phi) is 17.5. The molecule has 1 saturated heterocycles. The van der Waals surface area contributed by atoms with Gasteiger partial charge in [-0.1, -0.05) is 103 Å². The van der Waals surface area contributed by atoms with Crippen molar-refractivity contribution >= 4 is 9.28 Å². The lowest BCUT2D eigenvalue weighted by Crippen LogP contribution is -2.27. The molecule has 25 heavy (non-hydrogen) atoms. The third kappa shape index (κ3) is 16.1. The highest BCUT2D eigenvalue weighted by Crippen LogP contribution is 2.15. The molecule has 1 aliphatic heterocycles. The molecule has 2 nitrogen and oxygen atoms in total. The molecule has 0 bridgehead atoms. The first kappa shape index (κ1) is 23.2. The molecule has 1 aliphatic rings. The first-order chi connectivity index (χ1) is 12.4. The van der Waals surface area contributed by atoms with E-state index in [1.54, 1.807) is 0 Å². The minimum Gasteiger partial charge on any atom is -0.397 e. The van der Waals surface area contributed by atoms with Crippen LogP contribution in [0, 0.1) is 0 Å². The molecule has 1 atom stereocenters. The Morgan fingerprint density at radius 3 is 1.56 bits per heavy atom. The van der Waals surface area contributed by atoms with Gasteiger partial charge in [0.1, 0.15) is 0 Å². The first-order valence-electron chi connectivity index (χ1n) is 11.7. The van der Waals surface area contributed by atoms with E-state index in [0.29, 0.717) is 0 Å². The summed E-state index contributed by atoms with van der Waals surface area (Å²) in [4.78, 5) is 0. The average Bonchev–Trinajstić information content (AvgIpc) is 2.65. The van der Waals surface area contributed by atoms with E-state index in [2.05, 4.69) is 6.92 Å². The van der Waals surface area contributed by atoms with Crippen molar-refractivity contribution < 1.29 is 8.85 Å². The van der Waals surface area contributed by atoms with E-state index in [4.69, 9.17) is 8.85 Å². The second-order valence-corrected chi connectivity index (χ2v) is 10.1. The fourth-order valence-electron chi connectivity index (χ4n) is 3.71. The van der Waals surface area contributed by atoms with Gasteiger partial charge in [0.15, 0.2) is 0 Å². The van der Waals surface area contributed by atoms with E-state index in [0.717, 1.165) is 13.2 Å².